The van der Waals surface area contributed by atoms with E-state index in [1.165, 1.54) is 77.9 Å². The summed E-state index contributed by atoms with van der Waals surface area (Å²) in [7, 11) is 0. The number of hydrogen-bond acceptors (Lipinski definition) is 3. The van der Waals surface area contributed by atoms with E-state index in [1.54, 1.807) is 0 Å². The highest BCUT2D eigenvalue weighted by atomic mass is 15.3. The number of nitrogens with one attached hydrogen (secondary N) is 1. The van der Waals surface area contributed by atoms with Crippen LogP contribution in [0.25, 0.3) is 0 Å². The molecule has 0 bridgehead atoms. The maximum absolute atomic E-state index is 3.45. The smallest absolute Gasteiger partial charge is 0.0336 e. The van der Waals surface area contributed by atoms with Crippen LogP contribution in [0.5, 0.6) is 0 Å². The molecule has 0 radical (unpaired) electrons. The van der Waals surface area contributed by atoms with Crippen LogP contribution in [0.1, 0.15) is 32.1 Å². The molecule has 0 amide bonds. The van der Waals surface area contributed by atoms with E-state index in [2.05, 4.69) is 15.1 Å². The van der Waals surface area contributed by atoms with Crippen molar-refractivity contribution in [1.82, 2.24) is 15.1 Å². The molecule has 1 N–H and O–H groups in total. The maximum atomic E-state index is 3.45. The lowest BCUT2D eigenvalue weighted by Crippen LogP contribution is -2.61. The Balaban J connectivity index is 1.60. The second-order valence-electron chi connectivity index (χ2n) is 5.80. The summed E-state index contributed by atoms with van der Waals surface area (Å²) in [6.07, 6.45) is 7.24. The average Bonchev–Trinajstić information content (AvgIpc) is 2.78. The normalized spacial score (nSPS) is 31.5. The van der Waals surface area contributed by atoms with Gasteiger partial charge in [0.05, 0.1) is 0 Å². The summed E-state index contributed by atoms with van der Waals surface area (Å²) in [5.41, 5.74) is 0.591. The van der Waals surface area contributed by atoms with Gasteiger partial charge in [-0.25, -0.2) is 0 Å². The number of nitrogens with zero attached hydrogens (tertiary/aromatic N) is 2. The molecule has 3 aliphatic rings. The van der Waals surface area contributed by atoms with E-state index < -0.39 is 0 Å². The molecule has 92 valence electrons. The van der Waals surface area contributed by atoms with Gasteiger partial charge in [0.15, 0.2) is 0 Å². The van der Waals surface area contributed by atoms with Gasteiger partial charge in [-0.2, -0.15) is 0 Å². The minimum atomic E-state index is 0.591. The van der Waals surface area contributed by atoms with Gasteiger partial charge < -0.3 is 5.32 Å². The molecule has 2 heterocycles. The van der Waals surface area contributed by atoms with Crippen LogP contribution < -0.4 is 5.32 Å². The quantitative estimate of drug-likeness (QED) is 0.767. The predicted octanol–water partition coefficient (Wildman–Crippen LogP) is 0.910. The molecule has 16 heavy (non-hydrogen) atoms. The Morgan fingerprint density at radius 3 is 2.12 bits per heavy atom. The van der Waals surface area contributed by atoms with Gasteiger partial charge in [0.2, 0.25) is 0 Å². The summed E-state index contributed by atoms with van der Waals surface area (Å²) in [4.78, 5) is 5.49. The van der Waals surface area contributed by atoms with E-state index in [0.717, 1.165) is 0 Å². The highest BCUT2D eigenvalue weighted by Gasteiger charge is 2.44. The molecule has 3 heteroatoms. The topological polar surface area (TPSA) is 18.5 Å². The van der Waals surface area contributed by atoms with E-state index in [4.69, 9.17) is 0 Å². The van der Waals surface area contributed by atoms with Gasteiger partial charge in [-0.1, -0.05) is 0 Å². The van der Waals surface area contributed by atoms with Crippen molar-refractivity contribution in [3.63, 3.8) is 0 Å². The first-order valence-corrected chi connectivity index (χ1v) is 7.07. The maximum Gasteiger partial charge on any atom is 0.0336 e. The summed E-state index contributed by atoms with van der Waals surface area (Å²) >= 11 is 0. The van der Waals surface area contributed by atoms with Crippen LogP contribution in [0.15, 0.2) is 0 Å². The van der Waals surface area contributed by atoms with Crippen molar-refractivity contribution in [1.29, 1.82) is 0 Å². The molecule has 2 saturated heterocycles. The minimum absolute atomic E-state index is 0.591. The highest BCUT2D eigenvalue weighted by molar-refractivity contribution is 5.01. The van der Waals surface area contributed by atoms with Gasteiger partial charge in [0.1, 0.15) is 0 Å². The van der Waals surface area contributed by atoms with Crippen LogP contribution in [0.3, 0.4) is 0 Å². The molecule has 1 aliphatic carbocycles. The van der Waals surface area contributed by atoms with Crippen molar-refractivity contribution >= 4 is 0 Å². The molecule has 0 aromatic carbocycles. The first kappa shape index (κ1) is 11.0. The minimum Gasteiger partial charge on any atom is -0.314 e. The second-order valence-corrected chi connectivity index (χ2v) is 5.80. The second kappa shape index (κ2) is 4.63. The van der Waals surface area contributed by atoms with Gasteiger partial charge in [0, 0.05) is 38.3 Å². The molecule has 3 nitrogen and oxygen atoms in total. The lowest BCUT2D eigenvalue weighted by molar-refractivity contribution is -0.000920. The third-order valence-corrected chi connectivity index (χ3v) is 4.79. The van der Waals surface area contributed by atoms with Crippen molar-refractivity contribution in [3.8, 4) is 0 Å². The summed E-state index contributed by atoms with van der Waals surface area (Å²) in [6, 6.07) is 0. The summed E-state index contributed by atoms with van der Waals surface area (Å²) in [5.74, 6) is 0. The lowest BCUT2D eigenvalue weighted by Gasteiger charge is -2.51. The molecular formula is C13H25N3. The first-order chi connectivity index (χ1) is 7.89. The molecular weight excluding hydrogens is 198 g/mol. The van der Waals surface area contributed by atoms with Crippen molar-refractivity contribution in [2.45, 2.75) is 37.6 Å². The monoisotopic (exact) mass is 223 g/mol. The standard InChI is InChI=1S/C13H25N3/c1-2-9-16(8-1)13(4-3-5-13)12-15-10-6-14-7-11-15/h14H,1-12H2. The summed E-state index contributed by atoms with van der Waals surface area (Å²) in [5, 5.41) is 3.45. The Morgan fingerprint density at radius 1 is 0.875 bits per heavy atom. The Kier molecular flexibility index (Phi) is 3.18. The zero-order valence-corrected chi connectivity index (χ0v) is 10.4. The van der Waals surface area contributed by atoms with E-state index in [0.29, 0.717) is 5.54 Å². The van der Waals surface area contributed by atoms with E-state index in [1.807, 2.05) is 0 Å². The lowest BCUT2D eigenvalue weighted by atomic mass is 9.75. The number of piperazine rings is 1. The Hall–Kier alpha value is -0.120. The van der Waals surface area contributed by atoms with Crippen LogP contribution in [-0.2, 0) is 0 Å². The molecule has 3 fully saturated rings. The fourth-order valence-electron chi connectivity index (χ4n) is 3.64. The molecule has 0 atom stereocenters. The Bertz CT molecular complexity index is 225. The van der Waals surface area contributed by atoms with Gasteiger partial charge in [-0.3, -0.25) is 9.80 Å². The Morgan fingerprint density at radius 2 is 1.56 bits per heavy atom. The first-order valence-electron chi connectivity index (χ1n) is 7.07. The van der Waals surface area contributed by atoms with E-state index in [9.17, 15) is 0 Å². The zero-order chi connectivity index (χ0) is 10.8. The fourth-order valence-corrected chi connectivity index (χ4v) is 3.64. The predicted molar refractivity (Wildman–Crippen MR) is 66.7 cm³/mol. The zero-order valence-electron chi connectivity index (χ0n) is 10.4. The molecule has 0 aromatic rings. The van der Waals surface area contributed by atoms with Crippen LogP contribution >= 0.6 is 0 Å². The molecule has 0 unspecified atom stereocenters. The third-order valence-electron chi connectivity index (χ3n) is 4.79. The van der Waals surface area contributed by atoms with Crippen molar-refractivity contribution in [2.24, 2.45) is 0 Å². The highest BCUT2D eigenvalue weighted by Crippen LogP contribution is 2.40. The largest absolute Gasteiger partial charge is 0.314 e. The van der Waals surface area contributed by atoms with Crippen LogP contribution in [0, 0.1) is 0 Å². The van der Waals surface area contributed by atoms with Crippen molar-refractivity contribution < 1.29 is 0 Å². The number of rotatable bonds is 3. The molecule has 0 spiro atoms. The molecule has 1 saturated carbocycles. The van der Waals surface area contributed by atoms with Crippen LogP contribution in [0.2, 0.25) is 0 Å². The number of likely N-dealkylation sites (tertiary alicyclic amines) is 1. The number of hydrogen-bond donors (Lipinski definition) is 1. The summed E-state index contributed by atoms with van der Waals surface area (Å²) in [6.45, 7) is 8.98. The van der Waals surface area contributed by atoms with E-state index >= 15 is 0 Å². The van der Waals surface area contributed by atoms with Gasteiger partial charge in [-0.05, 0) is 45.2 Å². The van der Waals surface area contributed by atoms with Gasteiger partial charge in [-0.15, -0.1) is 0 Å². The SMILES string of the molecule is C1CCN(C2(CN3CCNCC3)CCC2)C1. The molecule has 3 rings (SSSR count). The third kappa shape index (κ3) is 2.01. The van der Waals surface area contributed by atoms with Gasteiger partial charge in [0.25, 0.3) is 0 Å². The van der Waals surface area contributed by atoms with Crippen molar-refractivity contribution in [3.05, 3.63) is 0 Å². The fraction of sp³-hybridized carbons (Fsp3) is 1.00. The van der Waals surface area contributed by atoms with Crippen LogP contribution in [0.4, 0.5) is 0 Å². The van der Waals surface area contributed by atoms with E-state index in [-0.39, 0.29) is 0 Å². The molecule has 0 aromatic heterocycles. The molecule has 2 aliphatic heterocycles. The van der Waals surface area contributed by atoms with Crippen LogP contribution in [-0.4, -0.2) is 61.2 Å². The Labute approximate surface area is 99.2 Å². The van der Waals surface area contributed by atoms with Gasteiger partial charge >= 0.3 is 0 Å². The summed E-state index contributed by atoms with van der Waals surface area (Å²) < 4.78 is 0. The van der Waals surface area contributed by atoms with Crippen molar-refractivity contribution in [2.75, 3.05) is 45.8 Å². The average molecular weight is 223 g/mol.